The van der Waals surface area contributed by atoms with Crippen LogP contribution < -0.4 is 10.5 Å². The van der Waals surface area contributed by atoms with E-state index in [1.165, 1.54) is 0 Å². The van der Waals surface area contributed by atoms with Crippen LogP contribution in [0.3, 0.4) is 0 Å². The molecule has 1 atom stereocenters. The number of rotatable bonds is 3. The van der Waals surface area contributed by atoms with Crippen molar-refractivity contribution < 1.29 is 4.74 Å². The highest BCUT2D eigenvalue weighted by Gasteiger charge is 2.09. The van der Waals surface area contributed by atoms with Crippen molar-refractivity contribution in [2.24, 2.45) is 5.73 Å². The Morgan fingerprint density at radius 1 is 1.18 bits per heavy atom. The van der Waals surface area contributed by atoms with Gasteiger partial charge in [-0.1, -0.05) is 18.2 Å². The van der Waals surface area contributed by atoms with Gasteiger partial charge >= 0.3 is 0 Å². The minimum atomic E-state index is -0.169. The van der Waals surface area contributed by atoms with E-state index in [9.17, 15) is 0 Å². The molecule has 0 aliphatic carbocycles. The summed E-state index contributed by atoms with van der Waals surface area (Å²) in [5.74, 6) is 0.818. The molecule has 3 heteroatoms. The summed E-state index contributed by atoms with van der Waals surface area (Å²) in [5.41, 5.74) is 9.36. The minimum Gasteiger partial charge on any atom is -0.497 e. The zero-order valence-corrected chi connectivity index (χ0v) is 10.1. The molecule has 1 aromatic carbocycles. The van der Waals surface area contributed by atoms with Crippen molar-refractivity contribution in [3.63, 3.8) is 0 Å². The fraction of sp³-hybridized carbons (Fsp3) is 0.214. The molecular weight excluding hydrogens is 212 g/mol. The topological polar surface area (TPSA) is 48.1 Å². The largest absolute Gasteiger partial charge is 0.497 e. The SMILES string of the molecule is COc1cccc(C(N)c2cncc(C)c2)c1. The molecule has 2 aromatic rings. The molecule has 2 rings (SSSR count). The molecule has 0 aliphatic rings. The highest BCUT2D eigenvalue weighted by Crippen LogP contribution is 2.22. The van der Waals surface area contributed by atoms with Crippen LogP contribution in [0.15, 0.2) is 42.7 Å². The number of ether oxygens (including phenoxy) is 1. The van der Waals surface area contributed by atoms with Crippen LogP contribution >= 0.6 is 0 Å². The van der Waals surface area contributed by atoms with Crippen molar-refractivity contribution >= 4 is 0 Å². The second kappa shape index (κ2) is 4.97. The standard InChI is InChI=1S/C14H16N2O/c1-10-6-12(9-16-8-10)14(15)11-4-3-5-13(7-11)17-2/h3-9,14H,15H2,1-2H3. The monoisotopic (exact) mass is 228 g/mol. The Kier molecular flexibility index (Phi) is 3.40. The number of benzene rings is 1. The Bertz CT molecular complexity index is 511. The summed E-state index contributed by atoms with van der Waals surface area (Å²) in [5, 5.41) is 0. The van der Waals surface area contributed by atoms with Gasteiger partial charge in [0.1, 0.15) is 5.75 Å². The molecule has 17 heavy (non-hydrogen) atoms. The van der Waals surface area contributed by atoms with Gasteiger partial charge in [-0.3, -0.25) is 4.98 Å². The van der Waals surface area contributed by atoms with Crippen LogP contribution in [0.5, 0.6) is 5.75 Å². The molecule has 0 amide bonds. The Morgan fingerprint density at radius 3 is 2.71 bits per heavy atom. The van der Waals surface area contributed by atoms with Crippen molar-refractivity contribution in [2.45, 2.75) is 13.0 Å². The number of aromatic nitrogens is 1. The zero-order valence-electron chi connectivity index (χ0n) is 10.1. The third kappa shape index (κ3) is 2.63. The number of methoxy groups -OCH3 is 1. The summed E-state index contributed by atoms with van der Waals surface area (Å²) in [6.45, 7) is 2.01. The van der Waals surface area contributed by atoms with Crippen molar-refractivity contribution in [3.05, 3.63) is 59.4 Å². The van der Waals surface area contributed by atoms with Crippen LogP contribution in [0.25, 0.3) is 0 Å². The smallest absolute Gasteiger partial charge is 0.119 e. The average Bonchev–Trinajstić information content (AvgIpc) is 2.38. The first-order valence-electron chi connectivity index (χ1n) is 5.52. The second-order valence-electron chi connectivity index (χ2n) is 4.05. The fourth-order valence-corrected chi connectivity index (χ4v) is 1.78. The molecule has 1 heterocycles. The lowest BCUT2D eigenvalue weighted by molar-refractivity contribution is 0.414. The molecule has 0 fully saturated rings. The van der Waals surface area contributed by atoms with E-state index >= 15 is 0 Å². The van der Waals surface area contributed by atoms with Crippen molar-refractivity contribution in [1.29, 1.82) is 0 Å². The third-order valence-corrected chi connectivity index (χ3v) is 2.71. The van der Waals surface area contributed by atoms with Crippen molar-refractivity contribution in [2.75, 3.05) is 7.11 Å². The number of pyridine rings is 1. The molecular formula is C14H16N2O. The van der Waals surface area contributed by atoms with Gasteiger partial charge in [-0.05, 0) is 35.7 Å². The van der Waals surface area contributed by atoms with E-state index in [0.717, 1.165) is 22.4 Å². The lowest BCUT2D eigenvalue weighted by atomic mass is 10.00. The number of aryl methyl sites for hydroxylation is 1. The Hall–Kier alpha value is -1.87. The maximum Gasteiger partial charge on any atom is 0.119 e. The van der Waals surface area contributed by atoms with Gasteiger partial charge in [0.15, 0.2) is 0 Å². The Labute approximate surface area is 101 Å². The molecule has 0 aliphatic heterocycles. The molecule has 88 valence electrons. The van der Waals surface area contributed by atoms with E-state index in [2.05, 4.69) is 11.1 Å². The zero-order chi connectivity index (χ0) is 12.3. The predicted molar refractivity (Wildman–Crippen MR) is 68.0 cm³/mol. The highest BCUT2D eigenvalue weighted by molar-refractivity contribution is 5.36. The second-order valence-corrected chi connectivity index (χ2v) is 4.05. The summed E-state index contributed by atoms with van der Waals surface area (Å²) in [6, 6.07) is 9.68. The molecule has 1 unspecified atom stereocenters. The van der Waals surface area contributed by atoms with Gasteiger partial charge in [0.2, 0.25) is 0 Å². The lowest BCUT2D eigenvalue weighted by Crippen LogP contribution is -2.12. The van der Waals surface area contributed by atoms with Gasteiger partial charge in [0.05, 0.1) is 13.2 Å². The molecule has 2 N–H and O–H groups in total. The van der Waals surface area contributed by atoms with E-state index in [1.807, 2.05) is 37.4 Å². The molecule has 1 aromatic heterocycles. The summed E-state index contributed by atoms with van der Waals surface area (Å²) in [7, 11) is 1.65. The maximum absolute atomic E-state index is 6.21. The van der Waals surface area contributed by atoms with Gasteiger partial charge < -0.3 is 10.5 Å². The van der Waals surface area contributed by atoms with E-state index in [0.29, 0.717) is 0 Å². The molecule has 0 bridgehead atoms. The minimum absolute atomic E-state index is 0.169. The van der Waals surface area contributed by atoms with Crippen LogP contribution in [0, 0.1) is 6.92 Å². The van der Waals surface area contributed by atoms with Gasteiger partial charge in [0.25, 0.3) is 0 Å². The first-order chi connectivity index (χ1) is 8.20. The Balaban J connectivity index is 2.33. The average molecular weight is 228 g/mol. The van der Waals surface area contributed by atoms with Crippen LogP contribution in [0.4, 0.5) is 0 Å². The number of nitrogens with zero attached hydrogens (tertiary/aromatic N) is 1. The summed E-state index contributed by atoms with van der Waals surface area (Å²) in [4.78, 5) is 4.16. The number of hydrogen-bond acceptors (Lipinski definition) is 3. The number of nitrogens with two attached hydrogens (primary N) is 1. The summed E-state index contributed by atoms with van der Waals surface area (Å²) < 4.78 is 5.19. The maximum atomic E-state index is 6.21. The van der Waals surface area contributed by atoms with E-state index in [1.54, 1.807) is 13.3 Å². The van der Waals surface area contributed by atoms with Gasteiger partial charge in [-0.25, -0.2) is 0 Å². The van der Waals surface area contributed by atoms with Gasteiger partial charge in [-0.15, -0.1) is 0 Å². The van der Waals surface area contributed by atoms with Gasteiger partial charge in [0, 0.05) is 12.4 Å². The first kappa shape index (κ1) is 11.6. The van der Waals surface area contributed by atoms with Crippen molar-refractivity contribution in [1.82, 2.24) is 4.98 Å². The van der Waals surface area contributed by atoms with Crippen LogP contribution in [0.1, 0.15) is 22.7 Å². The van der Waals surface area contributed by atoms with Crippen LogP contribution in [-0.4, -0.2) is 12.1 Å². The van der Waals surface area contributed by atoms with Crippen LogP contribution in [0.2, 0.25) is 0 Å². The van der Waals surface area contributed by atoms with Crippen molar-refractivity contribution in [3.8, 4) is 5.75 Å². The van der Waals surface area contributed by atoms with E-state index < -0.39 is 0 Å². The molecule has 3 nitrogen and oxygen atoms in total. The molecule has 0 spiro atoms. The number of hydrogen-bond donors (Lipinski definition) is 1. The quantitative estimate of drug-likeness (QED) is 0.877. The third-order valence-electron chi connectivity index (χ3n) is 2.71. The normalized spacial score (nSPS) is 12.2. The van der Waals surface area contributed by atoms with E-state index in [4.69, 9.17) is 10.5 Å². The molecule has 0 saturated heterocycles. The Morgan fingerprint density at radius 2 is 2.00 bits per heavy atom. The van der Waals surface area contributed by atoms with E-state index in [-0.39, 0.29) is 6.04 Å². The summed E-state index contributed by atoms with van der Waals surface area (Å²) in [6.07, 6.45) is 3.62. The molecule has 0 radical (unpaired) electrons. The summed E-state index contributed by atoms with van der Waals surface area (Å²) >= 11 is 0. The van der Waals surface area contributed by atoms with Crippen LogP contribution in [-0.2, 0) is 0 Å². The molecule has 0 saturated carbocycles. The first-order valence-corrected chi connectivity index (χ1v) is 5.52. The lowest BCUT2D eigenvalue weighted by Gasteiger charge is -2.13. The fourth-order valence-electron chi connectivity index (χ4n) is 1.78. The highest BCUT2D eigenvalue weighted by atomic mass is 16.5. The van der Waals surface area contributed by atoms with Gasteiger partial charge in [-0.2, -0.15) is 0 Å². The predicted octanol–water partition coefficient (Wildman–Crippen LogP) is 2.45.